The Morgan fingerprint density at radius 1 is 1.14 bits per heavy atom. The quantitative estimate of drug-likeness (QED) is 0.552. The van der Waals surface area contributed by atoms with Crippen LogP contribution in [-0.4, -0.2) is 44.5 Å². The summed E-state index contributed by atoms with van der Waals surface area (Å²) in [6.45, 7) is 5.68. The highest BCUT2D eigenvalue weighted by Gasteiger charge is 2.29. The Morgan fingerprint density at radius 2 is 1.96 bits per heavy atom. The first-order chi connectivity index (χ1) is 13.8. The summed E-state index contributed by atoms with van der Waals surface area (Å²) in [5.74, 6) is 0. The third kappa shape index (κ3) is 6.01. The Labute approximate surface area is 170 Å². The van der Waals surface area contributed by atoms with Gasteiger partial charge < -0.3 is 14.2 Å². The van der Waals surface area contributed by atoms with Crippen LogP contribution >= 0.6 is 0 Å². The predicted molar refractivity (Wildman–Crippen MR) is 112 cm³/mol. The molecule has 28 heavy (non-hydrogen) atoms. The number of nitrogens with one attached hydrogen (secondary N) is 1. The van der Waals surface area contributed by atoms with Crippen LogP contribution in [0.1, 0.15) is 81.7 Å². The second-order valence-electron chi connectivity index (χ2n) is 8.03. The summed E-state index contributed by atoms with van der Waals surface area (Å²) in [6, 6.07) is 9.38. The third-order valence-corrected chi connectivity index (χ3v) is 5.86. The average Bonchev–Trinajstić information content (AvgIpc) is 3.18. The molecule has 158 valence electrons. The monoisotopic (exact) mass is 390 g/mol. The molecule has 2 heterocycles. The summed E-state index contributed by atoms with van der Waals surface area (Å²) in [5.41, 5.74) is 6.36. The zero-order chi connectivity index (χ0) is 19.6. The molecule has 0 unspecified atom stereocenters. The predicted octanol–water partition coefficient (Wildman–Crippen LogP) is 4.75. The van der Waals surface area contributed by atoms with E-state index in [1.165, 1.54) is 49.7 Å². The fourth-order valence-corrected chi connectivity index (χ4v) is 4.35. The molecule has 0 spiro atoms. The lowest BCUT2D eigenvalue weighted by atomic mass is 9.95. The molecule has 1 aromatic carbocycles. The minimum atomic E-state index is -0.238. The Kier molecular flexibility index (Phi) is 9.22. The van der Waals surface area contributed by atoms with Gasteiger partial charge in [-0.25, -0.2) is 10.4 Å². The van der Waals surface area contributed by atoms with Gasteiger partial charge in [0.15, 0.2) is 6.29 Å². The zero-order valence-electron chi connectivity index (χ0n) is 17.7. The van der Waals surface area contributed by atoms with Gasteiger partial charge >= 0.3 is 0 Å². The molecule has 2 aliphatic rings. The van der Waals surface area contributed by atoms with E-state index in [1.807, 2.05) is 0 Å². The van der Waals surface area contributed by atoms with Gasteiger partial charge in [0.2, 0.25) is 0 Å². The van der Waals surface area contributed by atoms with Crippen LogP contribution in [0, 0.1) is 0 Å². The molecule has 0 radical (unpaired) electrons. The van der Waals surface area contributed by atoms with Gasteiger partial charge in [0.25, 0.3) is 0 Å². The van der Waals surface area contributed by atoms with Crippen molar-refractivity contribution in [1.82, 2.24) is 10.4 Å². The van der Waals surface area contributed by atoms with Crippen molar-refractivity contribution in [3.63, 3.8) is 0 Å². The molecule has 1 N–H and O–H groups in total. The first-order valence-corrected chi connectivity index (χ1v) is 11.2. The molecule has 2 fully saturated rings. The van der Waals surface area contributed by atoms with E-state index < -0.39 is 0 Å². The molecule has 2 saturated heterocycles. The maximum atomic E-state index is 5.94. The topological polar surface area (TPSA) is 43.0 Å². The number of nitrogens with zero attached hydrogens (tertiary/aromatic N) is 1. The van der Waals surface area contributed by atoms with Crippen molar-refractivity contribution >= 4 is 0 Å². The van der Waals surface area contributed by atoms with Crippen LogP contribution in [0.25, 0.3) is 0 Å². The standard InChI is InChI=1S/C23H38N2O3/c1-3-4-5-6-14-22(24-25-15-9-11-19(25)18-26-2)20-12-7-8-13-21(20)23-27-16-10-17-28-23/h7-8,12-13,19,22-24H,3-6,9-11,14-18H2,1-2H3/t19-,22+/m0/s1. The van der Waals surface area contributed by atoms with Crippen LogP contribution in [0.2, 0.25) is 0 Å². The van der Waals surface area contributed by atoms with E-state index in [0.29, 0.717) is 6.04 Å². The van der Waals surface area contributed by atoms with E-state index in [0.717, 1.165) is 39.2 Å². The smallest absolute Gasteiger partial charge is 0.184 e. The van der Waals surface area contributed by atoms with Gasteiger partial charge in [-0.05, 0) is 31.2 Å². The normalized spacial score (nSPS) is 22.6. The summed E-state index contributed by atoms with van der Waals surface area (Å²) in [6.07, 6.45) is 9.37. The lowest BCUT2D eigenvalue weighted by Gasteiger charge is -2.33. The second-order valence-corrected chi connectivity index (χ2v) is 8.03. The van der Waals surface area contributed by atoms with Crippen LogP contribution in [0.4, 0.5) is 0 Å². The van der Waals surface area contributed by atoms with Crippen molar-refractivity contribution in [3.8, 4) is 0 Å². The summed E-state index contributed by atoms with van der Waals surface area (Å²) in [5, 5.41) is 2.41. The van der Waals surface area contributed by atoms with Crippen LogP contribution in [0.5, 0.6) is 0 Å². The van der Waals surface area contributed by atoms with Crippen LogP contribution < -0.4 is 5.43 Å². The molecule has 2 aliphatic heterocycles. The van der Waals surface area contributed by atoms with Crippen molar-refractivity contribution in [2.24, 2.45) is 0 Å². The maximum Gasteiger partial charge on any atom is 0.184 e. The molecule has 3 rings (SSSR count). The Morgan fingerprint density at radius 3 is 2.75 bits per heavy atom. The van der Waals surface area contributed by atoms with E-state index in [2.05, 4.69) is 41.6 Å². The summed E-state index contributed by atoms with van der Waals surface area (Å²) in [4.78, 5) is 0. The van der Waals surface area contributed by atoms with E-state index in [1.54, 1.807) is 7.11 Å². The first-order valence-electron chi connectivity index (χ1n) is 11.2. The SMILES string of the molecule is CCCCCC[C@@H](NN1CCC[C@H]1COC)c1ccccc1C1OCCCO1. The highest BCUT2D eigenvalue weighted by atomic mass is 16.7. The molecule has 2 atom stereocenters. The third-order valence-electron chi connectivity index (χ3n) is 5.86. The lowest BCUT2D eigenvalue weighted by Crippen LogP contribution is -2.45. The number of hydrogen-bond donors (Lipinski definition) is 1. The maximum absolute atomic E-state index is 5.94. The van der Waals surface area contributed by atoms with E-state index in [4.69, 9.17) is 14.2 Å². The molecular formula is C23H38N2O3. The molecule has 5 heteroatoms. The fourth-order valence-electron chi connectivity index (χ4n) is 4.35. The van der Waals surface area contributed by atoms with Gasteiger partial charge in [0.05, 0.1) is 19.8 Å². The Balaban J connectivity index is 1.76. The summed E-state index contributed by atoms with van der Waals surface area (Å²) < 4.78 is 17.3. The molecule has 0 bridgehead atoms. The highest BCUT2D eigenvalue weighted by molar-refractivity contribution is 5.31. The van der Waals surface area contributed by atoms with Crippen molar-refractivity contribution < 1.29 is 14.2 Å². The number of rotatable bonds is 11. The van der Waals surface area contributed by atoms with Crippen LogP contribution in [-0.2, 0) is 14.2 Å². The van der Waals surface area contributed by atoms with Gasteiger partial charge in [-0.3, -0.25) is 0 Å². The first kappa shape index (κ1) is 21.7. The highest BCUT2D eigenvalue weighted by Crippen LogP contribution is 2.32. The van der Waals surface area contributed by atoms with Gasteiger partial charge in [-0.15, -0.1) is 0 Å². The minimum absolute atomic E-state index is 0.238. The fraction of sp³-hybridized carbons (Fsp3) is 0.739. The number of unbranched alkanes of at least 4 members (excludes halogenated alkanes) is 3. The van der Waals surface area contributed by atoms with Gasteiger partial charge in [-0.2, -0.15) is 0 Å². The number of hydrazine groups is 1. The van der Waals surface area contributed by atoms with Crippen molar-refractivity contribution in [3.05, 3.63) is 35.4 Å². The number of methoxy groups -OCH3 is 1. The molecule has 5 nitrogen and oxygen atoms in total. The minimum Gasteiger partial charge on any atom is -0.383 e. The van der Waals surface area contributed by atoms with Crippen molar-refractivity contribution in [2.75, 3.05) is 33.5 Å². The van der Waals surface area contributed by atoms with Crippen molar-refractivity contribution in [2.45, 2.75) is 76.7 Å². The number of benzene rings is 1. The van der Waals surface area contributed by atoms with Gasteiger partial charge in [0.1, 0.15) is 0 Å². The molecule has 0 aliphatic carbocycles. The summed E-state index contributed by atoms with van der Waals surface area (Å²) >= 11 is 0. The van der Waals surface area contributed by atoms with Crippen LogP contribution in [0.15, 0.2) is 24.3 Å². The summed E-state index contributed by atoms with van der Waals surface area (Å²) in [7, 11) is 1.80. The number of ether oxygens (including phenoxy) is 3. The second kappa shape index (κ2) is 11.9. The van der Waals surface area contributed by atoms with Crippen molar-refractivity contribution in [1.29, 1.82) is 0 Å². The zero-order valence-corrected chi connectivity index (χ0v) is 17.7. The Hall–Kier alpha value is -0.980. The molecule has 0 aromatic heterocycles. The van der Waals surface area contributed by atoms with E-state index >= 15 is 0 Å². The lowest BCUT2D eigenvalue weighted by molar-refractivity contribution is -0.183. The average molecular weight is 391 g/mol. The van der Waals surface area contributed by atoms with Crippen LogP contribution in [0.3, 0.4) is 0 Å². The number of hydrogen-bond acceptors (Lipinski definition) is 5. The molecule has 0 amide bonds. The largest absolute Gasteiger partial charge is 0.383 e. The Bertz CT molecular complexity index is 563. The molecular weight excluding hydrogens is 352 g/mol. The van der Waals surface area contributed by atoms with Gasteiger partial charge in [0, 0.05) is 31.3 Å². The molecule has 1 aromatic rings. The van der Waals surface area contributed by atoms with E-state index in [9.17, 15) is 0 Å². The van der Waals surface area contributed by atoms with Gasteiger partial charge in [-0.1, -0.05) is 56.9 Å². The van der Waals surface area contributed by atoms with E-state index in [-0.39, 0.29) is 12.3 Å². The molecule has 0 saturated carbocycles.